The Kier molecular flexibility index (Phi) is 4.90. The smallest absolute Gasteiger partial charge is 0.404 e. The van der Waals surface area contributed by atoms with Crippen LogP contribution in [0.2, 0.25) is 0 Å². The number of nitrogens with two attached hydrogens (primary N) is 2. The molecule has 18 heavy (non-hydrogen) atoms. The molecule has 0 aliphatic carbocycles. The summed E-state index contributed by atoms with van der Waals surface area (Å²) in [6, 6.07) is 2.31. The number of nitrogens with one attached hydrogen (secondary N) is 1. The van der Waals surface area contributed by atoms with Crippen molar-refractivity contribution in [2.45, 2.75) is 0 Å². The van der Waals surface area contributed by atoms with Crippen LogP contribution in [0.1, 0.15) is 10.4 Å². The number of primary amides is 1. The maximum atomic E-state index is 13.1. The number of rotatable bonds is 4. The molecule has 0 fully saturated rings. The van der Waals surface area contributed by atoms with E-state index in [1.54, 1.807) is 0 Å². The number of anilines is 1. The summed E-state index contributed by atoms with van der Waals surface area (Å²) in [4.78, 5) is 22.0. The first-order chi connectivity index (χ1) is 8.41. The van der Waals surface area contributed by atoms with Crippen LogP contribution in [-0.4, -0.2) is 25.2 Å². The van der Waals surface area contributed by atoms with E-state index in [1.165, 1.54) is 6.07 Å². The van der Waals surface area contributed by atoms with Crippen LogP contribution in [0.25, 0.3) is 0 Å². The van der Waals surface area contributed by atoms with Gasteiger partial charge in [-0.25, -0.2) is 9.18 Å². The Morgan fingerprint density at radius 3 is 2.72 bits per heavy atom. The fourth-order valence-corrected chi connectivity index (χ4v) is 1.65. The summed E-state index contributed by atoms with van der Waals surface area (Å²) in [5, 5.41) is 2.46. The Morgan fingerprint density at radius 2 is 2.11 bits per heavy atom. The average Bonchev–Trinajstić information content (AvgIpc) is 2.28. The first kappa shape index (κ1) is 14.2. The van der Waals surface area contributed by atoms with Gasteiger partial charge in [-0.1, -0.05) is 0 Å². The largest absolute Gasteiger partial charge is 0.448 e. The van der Waals surface area contributed by atoms with Gasteiger partial charge in [0.25, 0.3) is 5.91 Å². The summed E-state index contributed by atoms with van der Waals surface area (Å²) in [7, 11) is 0. The van der Waals surface area contributed by atoms with Gasteiger partial charge in [-0.2, -0.15) is 0 Å². The van der Waals surface area contributed by atoms with Gasteiger partial charge in [0.15, 0.2) is 0 Å². The third kappa shape index (κ3) is 3.88. The molecule has 0 heterocycles. The Balaban J connectivity index is 2.62. The number of halogens is 2. The molecule has 0 aliphatic rings. The molecule has 8 heteroatoms. The van der Waals surface area contributed by atoms with Crippen LogP contribution in [0.5, 0.6) is 0 Å². The Labute approximate surface area is 111 Å². The van der Waals surface area contributed by atoms with Crippen molar-refractivity contribution in [3.05, 3.63) is 28.0 Å². The van der Waals surface area contributed by atoms with Crippen LogP contribution in [-0.2, 0) is 4.74 Å². The molecular formula is C10H11BrFN3O3. The predicted octanol–water partition coefficient (Wildman–Crippen LogP) is 0.996. The van der Waals surface area contributed by atoms with Crippen molar-refractivity contribution in [2.24, 2.45) is 5.73 Å². The van der Waals surface area contributed by atoms with Gasteiger partial charge in [-0.3, -0.25) is 4.79 Å². The number of amides is 2. The normalized spacial score (nSPS) is 9.89. The highest BCUT2D eigenvalue weighted by molar-refractivity contribution is 9.10. The fourth-order valence-electron chi connectivity index (χ4n) is 1.15. The minimum absolute atomic E-state index is 0.0463. The quantitative estimate of drug-likeness (QED) is 0.568. The second-order valence-corrected chi connectivity index (χ2v) is 4.13. The Hall–Kier alpha value is -1.83. The van der Waals surface area contributed by atoms with Crippen LogP contribution in [0.3, 0.4) is 0 Å². The Morgan fingerprint density at radius 1 is 1.44 bits per heavy atom. The topological polar surface area (TPSA) is 107 Å². The van der Waals surface area contributed by atoms with Crippen molar-refractivity contribution in [3.63, 3.8) is 0 Å². The standard InChI is InChI=1S/C10H11BrFN3O3/c11-6-4-7(12)8(13)3-5(6)9(16)15-1-2-18-10(14)17/h3-4H,1-2,13H2,(H2,14,17)(H,15,16). The lowest BCUT2D eigenvalue weighted by molar-refractivity contribution is 0.0936. The summed E-state index contributed by atoms with van der Waals surface area (Å²) in [6.45, 7) is 0.0425. The number of nitrogen functional groups attached to an aromatic ring is 1. The molecule has 0 unspecified atom stereocenters. The zero-order valence-corrected chi connectivity index (χ0v) is 10.8. The molecule has 0 aliphatic heterocycles. The molecule has 1 rings (SSSR count). The lowest BCUT2D eigenvalue weighted by Crippen LogP contribution is -2.29. The molecule has 0 saturated heterocycles. The Bertz CT molecular complexity index is 482. The van der Waals surface area contributed by atoms with Gasteiger partial charge in [-0.15, -0.1) is 0 Å². The summed E-state index contributed by atoms with van der Waals surface area (Å²) in [5.74, 6) is -1.09. The molecule has 0 spiro atoms. The van der Waals surface area contributed by atoms with Crippen LogP contribution in [0.15, 0.2) is 16.6 Å². The van der Waals surface area contributed by atoms with Crippen molar-refractivity contribution in [2.75, 3.05) is 18.9 Å². The molecule has 0 aromatic heterocycles. The second kappa shape index (κ2) is 6.20. The van der Waals surface area contributed by atoms with E-state index in [4.69, 9.17) is 11.5 Å². The van der Waals surface area contributed by atoms with Gasteiger partial charge in [0.1, 0.15) is 12.4 Å². The van der Waals surface area contributed by atoms with Crippen molar-refractivity contribution in [1.82, 2.24) is 5.32 Å². The van der Waals surface area contributed by atoms with Gasteiger partial charge in [0, 0.05) is 4.47 Å². The van der Waals surface area contributed by atoms with Crippen LogP contribution in [0.4, 0.5) is 14.9 Å². The van der Waals surface area contributed by atoms with Gasteiger partial charge < -0.3 is 21.5 Å². The van der Waals surface area contributed by atoms with Crippen LogP contribution < -0.4 is 16.8 Å². The van der Waals surface area contributed by atoms with E-state index in [-0.39, 0.29) is 28.9 Å². The van der Waals surface area contributed by atoms with Gasteiger partial charge in [0.05, 0.1) is 17.8 Å². The zero-order valence-electron chi connectivity index (χ0n) is 9.20. The van der Waals surface area contributed by atoms with Crippen molar-refractivity contribution in [3.8, 4) is 0 Å². The maximum absolute atomic E-state index is 13.1. The fraction of sp³-hybridized carbons (Fsp3) is 0.200. The second-order valence-electron chi connectivity index (χ2n) is 3.28. The van der Waals surface area contributed by atoms with Crippen LogP contribution in [0, 0.1) is 5.82 Å². The highest BCUT2D eigenvalue weighted by Gasteiger charge is 2.12. The molecule has 0 atom stereocenters. The number of hydrogen-bond acceptors (Lipinski definition) is 4. The highest BCUT2D eigenvalue weighted by atomic mass is 79.9. The minimum atomic E-state index is -0.920. The number of benzene rings is 1. The van der Waals surface area contributed by atoms with Gasteiger partial charge >= 0.3 is 6.09 Å². The molecule has 98 valence electrons. The highest BCUT2D eigenvalue weighted by Crippen LogP contribution is 2.22. The average molecular weight is 320 g/mol. The number of carbonyl (C=O) groups excluding carboxylic acids is 2. The zero-order chi connectivity index (χ0) is 13.7. The summed E-state index contributed by atoms with van der Waals surface area (Å²) < 4.78 is 17.8. The van der Waals surface area contributed by atoms with E-state index >= 15 is 0 Å². The van der Waals surface area contributed by atoms with E-state index in [1.807, 2.05) is 0 Å². The third-order valence-corrected chi connectivity index (χ3v) is 2.62. The molecular weight excluding hydrogens is 309 g/mol. The molecule has 1 aromatic rings. The minimum Gasteiger partial charge on any atom is -0.448 e. The first-order valence-corrected chi connectivity index (χ1v) is 5.66. The van der Waals surface area contributed by atoms with Crippen molar-refractivity contribution >= 4 is 33.6 Å². The molecule has 6 nitrogen and oxygen atoms in total. The molecule has 2 amide bonds. The number of ether oxygens (including phenoxy) is 1. The molecule has 1 aromatic carbocycles. The third-order valence-electron chi connectivity index (χ3n) is 1.96. The lowest BCUT2D eigenvalue weighted by atomic mass is 10.2. The number of carbonyl (C=O) groups is 2. The van der Waals surface area contributed by atoms with Crippen molar-refractivity contribution in [1.29, 1.82) is 0 Å². The van der Waals surface area contributed by atoms with Crippen LogP contribution >= 0.6 is 15.9 Å². The summed E-state index contributed by atoms with van der Waals surface area (Å²) in [6.07, 6.45) is -0.920. The molecule has 0 radical (unpaired) electrons. The van der Waals surface area contributed by atoms with Gasteiger partial charge in [-0.05, 0) is 28.1 Å². The molecule has 0 saturated carbocycles. The first-order valence-electron chi connectivity index (χ1n) is 4.86. The monoisotopic (exact) mass is 319 g/mol. The van der Waals surface area contributed by atoms with Gasteiger partial charge in [0.2, 0.25) is 0 Å². The van der Waals surface area contributed by atoms with E-state index in [2.05, 4.69) is 26.0 Å². The SMILES string of the molecule is NC(=O)OCCNC(=O)c1cc(N)c(F)cc1Br. The summed E-state index contributed by atoms with van der Waals surface area (Å²) in [5.41, 5.74) is 10.2. The molecule has 5 N–H and O–H groups in total. The lowest BCUT2D eigenvalue weighted by Gasteiger charge is -2.08. The molecule has 0 bridgehead atoms. The van der Waals surface area contributed by atoms with E-state index in [0.29, 0.717) is 0 Å². The number of hydrogen-bond donors (Lipinski definition) is 3. The van der Waals surface area contributed by atoms with E-state index < -0.39 is 17.8 Å². The summed E-state index contributed by atoms with van der Waals surface area (Å²) >= 11 is 3.05. The van der Waals surface area contributed by atoms with Crippen molar-refractivity contribution < 1.29 is 18.7 Å². The van der Waals surface area contributed by atoms with E-state index in [0.717, 1.165) is 6.07 Å². The van der Waals surface area contributed by atoms with E-state index in [9.17, 15) is 14.0 Å². The maximum Gasteiger partial charge on any atom is 0.404 e. The predicted molar refractivity (Wildman–Crippen MR) is 66.4 cm³/mol.